The van der Waals surface area contributed by atoms with E-state index in [1.54, 1.807) is 0 Å². The molecule has 0 bridgehead atoms. The number of morpholine rings is 1. The van der Waals surface area contributed by atoms with Crippen LogP contribution in [-0.2, 0) is 23.0 Å². The van der Waals surface area contributed by atoms with Crippen LogP contribution in [0.25, 0.3) is 0 Å². The first kappa shape index (κ1) is 17.4. The Kier molecular flexibility index (Phi) is 5.56. The van der Waals surface area contributed by atoms with E-state index in [-0.39, 0.29) is 5.91 Å². The third kappa shape index (κ3) is 3.81. The molecular formula is C18H30N4O2. The monoisotopic (exact) mass is 334 g/mol. The Balaban J connectivity index is 1.56. The van der Waals surface area contributed by atoms with Crippen LogP contribution in [0.2, 0.25) is 0 Å². The molecule has 0 spiro atoms. The molecule has 2 aliphatic heterocycles. The second-order valence-corrected chi connectivity index (χ2v) is 7.10. The third-order valence-electron chi connectivity index (χ3n) is 5.52. The Hall–Kier alpha value is -1.40. The fourth-order valence-corrected chi connectivity index (χ4v) is 4.08. The Morgan fingerprint density at radius 3 is 2.71 bits per heavy atom. The lowest BCUT2D eigenvalue weighted by molar-refractivity contribution is -0.130. The van der Waals surface area contributed by atoms with Crippen molar-refractivity contribution in [3.8, 4) is 0 Å². The number of likely N-dealkylation sites (tertiary alicyclic amines) is 1. The summed E-state index contributed by atoms with van der Waals surface area (Å²) in [6.07, 6.45) is 4.53. The van der Waals surface area contributed by atoms with E-state index in [4.69, 9.17) is 4.74 Å². The zero-order chi connectivity index (χ0) is 17.1. The summed E-state index contributed by atoms with van der Waals surface area (Å²) in [4.78, 5) is 17.3. The molecule has 0 saturated carbocycles. The van der Waals surface area contributed by atoms with Crippen molar-refractivity contribution < 1.29 is 9.53 Å². The number of carbonyl (C=O) groups is 1. The van der Waals surface area contributed by atoms with Gasteiger partial charge in [0, 0.05) is 51.9 Å². The lowest BCUT2D eigenvalue weighted by Crippen LogP contribution is -2.47. The van der Waals surface area contributed by atoms with Crippen molar-refractivity contribution in [2.75, 3.05) is 39.4 Å². The van der Waals surface area contributed by atoms with E-state index in [9.17, 15) is 4.79 Å². The smallest absolute Gasteiger partial charge is 0.222 e. The van der Waals surface area contributed by atoms with Crippen molar-refractivity contribution >= 4 is 5.91 Å². The van der Waals surface area contributed by atoms with E-state index in [0.717, 1.165) is 57.9 Å². The summed E-state index contributed by atoms with van der Waals surface area (Å²) in [5.74, 6) is 0.875. The van der Waals surface area contributed by atoms with Crippen LogP contribution in [0.15, 0.2) is 6.20 Å². The molecule has 6 heteroatoms. The highest BCUT2D eigenvalue weighted by atomic mass is 16.5. The van der Waals surface area contributed by atoms with Crippen molar-refractivity contribution in [2.24, 2.45) is 13.0 Å². The predicted octanol–water partition coefficient (Wildman–Crippen LogP) is 1.23. The van der Waals surface area contributed by atoms with E-state index in [2.05, 4.69) is 21.8 Å². The molecule has 3 rings (SSSR count). The first-order chi connectivity index (χ1) is 11.6. The normalized spacial score (nSPS) is 25.4. The van der Waals surface area contributed by atoms with Gasteiger partial charge in [-0.05, 0) is 24.8 Å². The number of carbonyl (C=O) groups excluding carboxylic acids is 1. The van der Waals surface area contributed by atoms with Crippen LogP contribution in [0.4, 0.5) is 0 Å². The minimum absolute atomic E-state index is 0.285. The fraction of sp³-hybridized carbons (Fsp3) is 0.778. The van der Waals surface area contributed by atoms with Gasteiger partial charge in [-0.2, -0.15) is 5.10 Å². The molecule has 1 aromatic heterocycles. The summed E-state index contributed by atoms with van der Waals surface area (Å²) in [5, 5.41) is 4.36. The molecule has 6 nitrogen and oxygen atoms in total. The van der Waals surface area contributed by atoms with E-state index in [1.165, 1.54) is 5.56 Å². The largest absolute Gasteiger partial charge is 0.379 e. The second-order valence-electron chi connectivity index (χ2n) is 7.10. The SMILES string of the molecule is CCC1CN(C(=O)CCc2cn(C)nc2C)CC1N1CCOCC1. The van der Waals surface area contributed by atoms with E-state index < -0.39 is 0 Å². The summed E-state index contributed by atoms with van der Waals surface area (Å²) in [5.41, 5.74) is 2.21. The zero-order valence-electron chi connectivity index (χ0n) is 15.2. The second kappa shape index (κ2) is 7.66. The van der Waals surface area contributed by atoms with Crippen LogP contribution in [0, 0.1) is 12.8 Å². The number of nitrogens with zero attached hydrogens (tertiary/aromatic N) is 4. The van der Waals surface area contributed by atoms with Crippen LogP contribution in [0.1, 0.15) is 31.0 Å². The number of hydrogen-bond acceptors (Lipinski definition) is 4. The summed E-state index contributed by atoms with van der Waals surface area (Å²) in [6.45, 7) is 9.67. The van der Waals surface area contributed by atoms with Gasteiger partial charge in [0.1, 0.15) is 0 Å². The van der Waals surface area contributed by atoms with Gasteiger partial charge >= 0.3 is 0 Å². The molecule has 0 radical (unpaired) electrons. The van der Waals surface area contributed by atoms with Gasteiger partial charge in [-0.15, -0.1) is 0 Å². The molecule has 2 atom stereocenters. The lowest BCUT2D eigenvalue weighted by atomic mass is 9.99. The molecule has 3 heterocycles. The third-order valence-corrected chi connectivity index (χ3v) is 5.52. The van der Waals surface area contributed by atoms with Gasteiger partial charge in [0.2, 0.25) is 5.91 Å². The molecule has 1 amide bonds. The van der Waals surface area contributed by atoms with Crippen LogP contribution in [-0.4, -0.2) is 70.9 Å². The van der Waals surface area contributed by atoms with E-state index in [0.29, 0.717) is 18.4 Å². The maximum absolute atomic E-state index is 12.7. The minimum atomic E-state index is 0.285. The molecule has 0 aromatic carbocycles. The first-order valence-corrected chi connectivity index (χ1v) is 9.17. The molecule has 1 aromatic rings. The predicted molar refractivity (Wildman–Crippen MR) is 92.8 cm³/mol. The molecule has 0 N–H and O–H groups in total. The molecule has 24 heavy (non-hydrogen) atoms. The average Bonchev–Trinajstić information content (AvgIpc) is 3.16. The molecule has 134 valence electrons. The lowest BCUT2D eigenvalue weighted by Gasteiger charge is -2.34. The van der Waals surface area contributed by atoms with Gasteiger partial charge in [-0.1, -0.05) is 13.3 Å². The molecule has 0 aliphatic carbocycles. The van der Waals surface area contributed by atoms with Gasteiger partial charge in [0.15, 0.2) is 0 Å². The van der Waals surface area contributed by atoms with E-state index >= 15 is 0 Å². The van der Waals surface area contributed by atoms with Crippen molar-refractivity contribution in [1.29, 1.82) is 0 Å². The summed E-state index contributed by atoms with van der Waals surface area (Å²) >= 11 is 0. The minimum Gasteiger partial charge on any atom is -0.379 e. The number of amides is 1. The van der Waals surface area contributed by atoms with Gasteiger partial charge in [0.05, 0.1) is 18.9 Å². The summed E-state index contributed by atoms with van der Waals surface area (Å²) < 4.78 is 7.30. The standard InChI is InChI=1S/C18H30N4O2/c1-4-15-12-22(13-17(15)21-7-9-24-10-8-21)18(23)6-5-16-11-20(3)19-14(16)2/h11,15,17H,4-10,12-13H2,1-3H3. The Bertz CT molecular complexity index is 565. The van der Waals surface area contributed by atoms with Crippen molar-refractivity contribution in [1.82, 2.24) is 19.6 Å². The molecule has 2 fully saturated rings. The zero-order valence-corrected chi connectivity index (χ0v) is 15.2. The molecular weight excluding hydrogens is 304 g/mol. The molecule has 2 aliphatic rings. The summed E-state index contributed by atoms with van der Waals surface area (Å²) in [7, 11) is 1.93. The topological polar surface area (TPSA) is 50.6 Å². The van der Waals surface area contributed by atoms with Gasteiger partial charge < -0.3 is 9.64 Å². The van der Waals surface area contributed by atoms with Crippen molar-refractivity contribution in [2.45, 2.75) is 39.2 Å². The highest BCUT2D eigenvalue weighted by Crippen LogP contribution is 2.26. The number of rotatable bonds is 5. The average molecular weight is 334 g/mol. The number of hydrogen-bond donors (Lipinski definition) is 0. The first-order valence-electron chi connectivity index (χ1n) is 9.17. The van der Waals surface area contributed by atoms with Crippen LogP contribution in [0.5, 0.6) is 0 Å². The summed E-state index contributed by atoms with van der Waals surface area (Å²) in [6, 6.07) is 0.503. The van der Waals surface area contributed by atoms with Crippen LogP contribution >= 0.6 is 0 Å². The molecule has 2 unspecified atom stereocenters. The fourth-order valence-electron chi connectivity index (χ4n) is 4.08. The Morgan fingerprint density at radius 1 is 1.33 bits per heavy atom. The number of ether oxygens (including phenoxy) is 1. The Labute approximate surface area is 144 Å². The molecule has 2 saturated heterocycles. The maximum atomic E-state index is 12.7. The number of aryl methyl sites for hydroxylation is 3. The van der Waals surface area contributed by atoms with Crippen molar-refractivity contribution in [3.05, 3.63) is 17.5 Å². The van der Waals surface area contributed by atoms with Crippen LogP contribution < -0.4 is 0 Å². The van der Waals surface area contributed by atoms with Gasteiger partial charge in [-0.25, -0.2) is 0 Å². The van der Waals surface area contributed by atoms with Crippen LogP contribution in [0.3, 0.4) is 0 Å². The van der Waals surface area contributed by atoms with Gasteiger partial charge in [-0.3, -0.25) is 14.4 Å². The Morgan fingerprint density at radius 2 is 2.08 bits per heavy atom. The van der Waals surface area contributed by atoms with E-state index in [1.807, 2.05) is 24.9 Å². The highest BCUT2D eigenvalue weighted by Gasteiger charge is 2.37. The number of aromatic nitrogens is 2. The highest BCUT2D eigenvalue weighted by molar-refractivity contribution is 5.77. The van der Waals surface area contributed by atoms with Gasteiger partial charge in [0.25, 0.3) is 0 Å². The quantitative estimate of drug-likeness (QED) is 0.813. The maximum Gasteiger partial charge on any atom is 0.222 e. The van der Waals surface area contributed by atoms with Crippen molar-refractivity contribution in [3.63, 3.8) is 0 Å².